The second kappa shape index (κ2) is 8.85. The normalized spacial score (nSPS) is 15.1. The van der Waals surface area contributed by atoms with E-state index >= 15 is 0 Å². The lowest BCUT2D eigenvalue weighted by Crippen LogP contribution is -2.26. The van der Waals surface area contributed by atoms with Crippen LogP contribution < -0.4 is 15.4 Å². The van der Waals surface area contributed by atoms with Crippen LogP contribution in [0.1, 0.15) is 22.8 Å². The number of aryl methyl sites for hydroxylation is 1. The molecule has 0 radical (unpaired) electrons. The SMILES string of the molecule is Cc1ccccc1NSc1ccc(NC(=O)c2ccc3c(c2)NC(=O)C(C)S3)cc1. The molecule has 1 heterocycles. The molecule has 7 heteroatoms. The number of amides is 2. The zero-order chi connectivity index (χ0) is 21.1. The molecular weight excluding hydrogens is 414 g/mol. The average molecular weight is 436 g/mol. The van der Waals surface area contributed by atoms with Gasteiger partial charge in [0.1, 0.15) is 0 Å². The van der Waals surface area contributed by atoms with E-state index in [1.165, 1.54) is 29.3 Å². The zero-order valence-electron chi connectivity index (χ0n) is 16.6. The number of fused-ring (bicyclic) bond motifs is 1. The summed E-state index contributed by atoms with van der Waals surface area (Å²) >= 11 is 3.02. The van der Waals surface area contributed by atoms with Crippen molar-refractivity contribution in [2.45, 2.75) is 28.9 Å². The number of anilines is 3. The molecule has 3 N–H and O–H groups in total. The Bertz CT molecular complexity index is 1100. The number of nitrogens with one attached hydrogen (secondary N) is 3. The summed E-state index contributed by atoms with van der Waals surface area (Å²) < 4.78 is 3.34. The van der Waals surface area contributed by atoms with Crippen molar-refractivity contribution in [2.75, 3.05) is 15.4 Å². The van der Waals surface area contributed by atoms with Crippen LogP contribution in [0, 0.1) is 6.92 Å². The van der Waals surface area contributed by atoms with Gasteiger partial charge in [-0.05, 0) is 79.9 Å². The summed E-state index contributed by atoms with van der Waals surface area (Å²) in [6, 6.07) is 21.1. The first-order valence-corrected chi connectivity index (χ1v) is 11.2. The highest BCUT2D eigenvalue weighted by atomic mass is 32.2. The van der Waals surface area contributed by atoms with E-state index in [2.05, 4.69) is 28.3 Å². The number of hydrogen-bond donors (Lipinski definition) is 3. The topological polar surface area (TPSA) is 70.2 Å². The number of carbonyl (C=O) groups excluding carboxylic acids is 2. The third-order valence-corrected chi connectivity index (χ3v) is 6.72. The third-order valence-electron chi connectivity index (χ3n) is 4.71. The Hall–Kier alpha value is -2.90. The van der Waals surface area contributed by atoms with Crippen molar-refractivity contribution in [1.82, 2.24) is 0 Å². The lowest BCUT2D eigenvalue weighted by atomic mass is 10.1. The van der Waals surface area contributed by atoms with E-state index in [1.54, 1.807) is 12.1 Å². The Labute approximate surface area is 184 Å². The number of benzene rings is 3. The first kappa shape index (κ1) is 20.4. The molecule has 1 aliphatic rings. The average Bonchev–Trinajstić information content (AvgIpc) is 2.74. The van der Waals surface area contributed by atoms with Crippen LogP contribution in [-0.4, -0.2) is 17.1 Å². The van der Waals surface area contributed by atoms with Gasteiger partial charge >= 0.3 is 0 Å². The lowest BCUT2D eigenvalue weighted by Gasteiger charge is -2.21. The predicted molar refractivity (Wildman–Crippen MR) is 125 cm³/mol. The minimum atomic E-state index is -0.214. The smallest absolute Gasteiger partial charge is 0.255 e. The van der Waals surface area contributed by atoms with Crippen molar-refractivity contribution >= 4 is 52.6 Å². The van der Waals surface area contributed by atoms with Gasteiger partial charge in [-0.3, -0.25) is 9.59 Å². The van der Waals surface area contributed by atoms with Crippen LogP contribution >= 0.6 is 23.7 Å². The maximum atomic E-state index is 12.6. The van der Waals surface area contributed by atoms with Crippen LogP contribution in [-0.2, 0) is 4.79 Å². The molecule has 0 aromatic heterocycles. The minimum absolute atomic E-state index is 0.0440. The monoisotopic (exact) mass is 435 g/mol. The largest absolute Gasteiger partial charge is 0.325 e. The maximum Gasteiger partial charge on any atom is 0.255 e. The molecule has 0 aliphatic carbocycles. The molecule has 30 heavy (non-hydrogen) atoms. The highest BCUT2D eigenvalue weighted by molar-refractivity contribution is 8.01. The van der Waals surface area contributed by atoms with E-state index in [9.17, 15) is 9.59 Å². The molecule has 1 unspecified atom stereocenters. The van der Waals surface area contributed by atoms with Crippen LogP contribution in [0.4, 0.5) is 17.1 Å². The van der Waals surface area contributed by atoms with E-state index in [1.807, 2.05) is 55.5 Å². The van der Waals surface area contributed by atoms with E-state index in [0.717, 1.165) is 15.5 Å². The fraction of sp³-hybridized carbons (Fsp3) is 0.130. The van der Waals surface area contributed by atoms with Crippen LogP contribution in [0.25, 0.3) is 0 Å². The first-order chi connectivity index (χ1) is 14.5. The lowest BCUT2D eigenvalue weighted by molar-refractivity contribution is -0.115. The highest BCUT2D eigenvalue weighted by Crippen LogP contribution is 2.36. The fourth-order valence-corrected chi connectivity index (χ4v) is 4.62. The molecule has 2 amide bonds. The third kappa shape index (κ3) is 4.63. The van der Waals surface area contributed by atoms with Gasteiger partial charge in [0.25, 0.3) is 5.91 Å². The molecule has 0 saturated heterocycles. The van der Waals surface area contributed by atoms with E-state index in [0.29, 0.717) is 16.9 Å². The van der Waals surface area contributed by atoms with Crippen LogP contribution in [0.15, 0.2) is 76.5 Å². The van der Waals surface area contributed by atoms with Crippen molar-refractivity contribution < 1.29 is 9.59 Å². The number of rotatable bonds is 5. The molecule has 152 valence electrons. The second-order valence-corrected chi connectivity index (χ2v) is 9.22. The summed E-state index contributed by atoms with van der Waals surface area (Å²) in [5.41, 5.74) is 4.16. The Balaban J connectivity index is 1.39. The maximum absolute atomic E-state index is 12.6. The Morgan fingerprint density at radius 2 is 1.83 bits per heavy atom. The van der Waals surface area contributed by atoms with Gasteiger partial charge in [0, 0.05) is 26.7 Å². The first-order valence-electron chi connectivity index (χ1n) is 9.51. The molecule has 1 aliphatic heterocycles. The molecule has 1 atom stereocenters. The van der Waals surface area contributed by atoms with Gasteiger partial charge in [0.15, 0.2) is 0 Å². The molecule has 3 aromatic rings. The zero-order valence-corrected chi connectivity index (χ0v) is 18.2. The minimum Gasteiger partial charge on any atom is -0.325 e. The van der Waals surface area contributed by atoms with Crippen molar-refractivity contribution in [3.8, 4) is 0 Å². The van der Waals surface area contributed by atoms with Gasteiger partial charge in [0.2, 0.25) is 5.91 Å². The van der Waals surface area contributed by atoms with Crippen molar-refractivity contribution in [1.29, 1.82) is 0 Å². The van der Waals surface area contributed by atoms with E-state index in [4.69, 9.17) is 0 Å². The Morgan fingerprint density at radius 1 is 1.07 bits per heavy atom. The Morgan fingerprint density at radius 3 is 2.60 bits per heavy atom. The standard InChI is InChI=1S/C23H21N3O2S2/c1-14-5-3-4-6-19(14)26-30-18-10-8-17(9-11-18)24-23(28)16-7-12-21-20(13-16)25-22(27)15(2)29-21/h3-13,15,26H,1-2H3,(H,24,28)(H,25,27). The van der Waals surface area contributed by atoms with E-state index in [-0.39, 0.29) is 17.1 Å². The molecule has 4 rings (SSSR count). The molecule has 0 spiro atoms. The van der Waals surface area contributed by atoms with E-state index < -0.39 is 0 Å². The number of hydrogen-bond acceptors (Lipinski definition) is 5. The van der Waals surface area contributed by atoms with Crippen molar-refractivity contribution in [3.05, 3.63) is 77.9 Å². The molecule has 0 saturated carbocycles. The highest BCUT2D eigenvalue weighted by Gasteiger charge is 2.23. The van der Waals surface area contributed by atoms with Crippen LogP contribution in [0.2, 0.25) is 0 Å². The summed E-state index contributed by atoms with van der Waals surface area (Å²) in [5, 5.41) is 5.63. The number of carbonyl (C=O) groups is 2. The van der Waals surface area contributed by atoms with Gasteiger partial charge in [-0.1, -0.05) is 18.2 Å². The predicted octanol–water partition coefficient (Wildman–Crippen LogP) is 5.80. The van der Waals surface area contributed by atoms with Gasteiger partial charge in [0.05, 0.1) is 10.9 Å². The molecule has 3 aromatic carbocycles. The Kier molecular flexibility index (Phi) is 6.01. The molecule has 5 nitrogen and oxygen atoms in total. The second-order valence-electron chi connectivity index (χ2n) is 6.96. The van der Waals surface area contributed by atoms with Crippen molar-refractivity contribution in [3.63, 3.8) is 0 Å². The number of thioether (sulfide) groups is 1. The molecule has 0 bridgehead atoms. The molecular formula is C23H21N3O2S2. The van der Waals surface area contributed by atoms with Gasteiger partial charge in [-0.15, -0.1) is 11.8 Å². The number of para-hydroxylation sites is 1. The van der Waals surface area contributed by atoms with Crippen molar-refractivity contribution in [2.24, 2.45) is 0 Å². The summed E-state index contributed by atoms with van der Waals surface area (Å²) in [7, 11) is 0. The quantitative estimate of drug-likeness (QED) is 0.442. The summed E-state index contributed by atoms with van der Waals surface area (Å²) in [6.07, 6.45) is 0. The summed E-state index contributed by atoms with van der Waals surface area (Å²) in [6.45, 7) is 3.93. The van der Waals surface area contributed by atoms with Gasteiger partial charge in [-0.2, -0.15) is 0 Å². The van der Waals surface area contributed by atoms with Crippen LogP contribution in [0.3, 0.4) is 0 Å². The fourth-order valence-electron chi connectivity index (χ4n) is 2.96. The van der Waals surface area contributed by atoms with Gasteiger partial charge in [-0.25, -0.2) is 0 Å². The van der Waals surface area contributed by atoms with Gasteiger partial charge < -0.3 is 15.4 Å². The molecule has 0 fully saturated rings. The van der Waals surface area contributed by atoms with Crippen LogP contribution in [0.5, 0.6) is 0 Å². The summed E-state index contributed by atoms with van der Waals surface area (Å²) in [5.74, 6) is -0.258. The summed E-state index contributed by atoms with van der Waals surface area (Å²) in [4.78, 5) is 26.5.